The minimum atomic E-state index is 0.402. The van der Waals surface area contributed by atoms with E-state index in [2.05, 4.69) is 38.1 Å². The van der Waals surface area contributed by atoms with Gasteiger partial charge in [0, 0.05) is 6.54 Å². The normalized spacial score (nSPS) is 30.3. The average molecular weight is 217 g/mol. The van der Waals surface area contributed by atoms with E-state index in [0.29, 0.717) is 12.0 Å². The van der Waals surface area contributed by atoms with E-state index in [1.807, 2.05) is 0 Å². The van der Waals surface area contributed by atoms with Gasteiger partial charge in [0.15, 0.2) is 0 Å². The Bertz CT molecular complexity index is 331. The maximum Gasteiger partial charge on any atom is 0.0178 e. The molecule has 1 saturated carbocycles. The van der Waals surface area contributed by atoms with Crippen molar-refractivity contribution in [2.24, 2.45) is 11.7 Å². The Kier molecular flexibility index (Phi) is 3.34. The largest absolute Gasteiger partial charge is 0.326 e. The molecule has 2 N–H and O–H groups in total. The van der Waals surface area contributed by atoms with E-state index in [4.69, 9.17) is 5.73 Å². The average Bonchev–Trinajstić information content (AvgIpc) is 2.33. The summed E-state index contributed by atoms with van der Waals surface area (Å²) < 4.78 is 0. The van der Waals surface area contributed by atoms with Crippen LogP contribution >= 0.6 is 0 Å². The van der Waals surface area contributed by atoms with Gasteiger partial charge in [0.1, 0.15) is 0 Å². The monoisotopic (exact) mass is 217 g/mol. The van der Waals surface area contributed by atoms with E-state index in [1.165, 1.54) is 36.8 Å². The summed E-state index contributed by atoms with van der Waals surface area (Å²) >= 11 is 0. The predicted octanol–water partition coefficient (Wildman–Crippen LogP) is 3.61. The van der Waals surface area contributed by atoms with Crippen molar-refractivity contribution >= 4 is 0 Å². The Labute approximate surface area is 99.0 Å². The molecule has 16 heavy (non-hydrogen) atoms. The Morgan fingerprint density at radius 1 is 1.19 bits per heavy atom. The molecule has 0 aromatic heterocycles. The summed E-state index contributed by atoms with van der Waals surface area (Å²) in [6.45, 7) is 5.43. The molecule has 0 amide bonds. The second kappa shape index (κ2) is 4.58. The van der Waals surface area contributed by atoms with Gasteiger partial charge in [0.25, 0.3) is 0 Å². The van der Waals surface area contributed by atoms with Crippen molar-refractivity contribution in [1.29, 1.82) is 0 Å². The van der Waals surface area contributed by atoms with Crippen LogP contribution < -0.4 is 5.73 Å². The van der Waals surface area contributed by atoms with E-state index in [0.717, 1.165) is 5.92 Å². The summed E-state index contributed by atoms with van der Waals surface area (Å²) in [5, 5.41) is 0. The maximum atomic E-state index is 5.63. The highest BCUT2D eigenvalue weighted by atomic mass is 14.5. The Hall–Kier alpha value is -0.820. The van der Waals surface area contributed by atoms with Crippen molar-refractivity contribution in [3.05, 3.63) is 35.4 Å². The van der Waals surface area contributed by atoms with Gasteiger partial charge < -0.3 is 5.73 Å². The molecule has 1 aromatic rings. The smallest absolute Gasteiger partial charge is 0.0178 e. The number of rotatable bonds is 2. The fraction of sp³-hybridized carbons (Fsp3) is 0.600. The Balaban J connectivity index is 2.16. The van der Waals surface area contributed by atoms with Gasteiger partial charge in [0.2, 0.25) is 0 Å². The van der Waals surface area contributed by atoms with E-state index in [-0.39, 0.29) is 0 Å². The summed E-state index contributed by atoms with van der Waals surface area (Å²) in [7, 11) is 0. The molecule has 0 bridgehead atoms. The third-order valence-electron chi connectivity index (χ3n) is 4.26. The third kappa shape index (κ3) is 2.30. The van der Waals surface area contributed by atoms with Crippen LogP contribution in [0.2, 0.25) is 0 Å². The van der Waals surface area contributed by atoms with Crippen LogP contribution in [0, 0.1) is 5.92 Å². The van der Waals surface area contributed by atoms with Crippen LogP contribution in [-0.4, -0.2) is 0 Å². The van der Waals surface area contributed by atoms with Gasteiger partial charge >= 0.3 is 0 Å². The molecule has 1 aliphatic rings. The van der Waals surface area contributed by atoms with Gasteiger partial charge in [-0.05, 0) is 48.1 Å². The Morgan fingerprint density at radius 2 is 1.75 bits per heavy atom. The van der Waals surface area contributed by atoms with Crippen LogP contribution in [0.4, 0.5) is 0 Å². The first kappa shape index (κ1) is 11.7. The summed E-state index contributed by atoms with van der Waals surface area (Å²) in [6, 6.07) is 8.91. The zero-order valence-corrected chi connectivity index (χ0v) is 10.5. The lowest BCUT2D eigenvalue weighted by atomic mass is 9.68. The van der Waals surface area contributed by atoms with E-state index >= 15 is 0 Å². The molecule has 1 heteroatoms. The van der Waals surface area contributed by atoms with Gasteiger partial charge in [0.05, 0.1) is 0 Å². The van der Waals surface area contributed by atoms with Gasteiger partial charge in [-0.3, -0.25) is 0 Å². The molecule has 0 heterocycles. The zero-order valence-electron chi connectivity index (χ0n) is 10.5. The second-order valence-electron chi connectivity index (χ2n) is 5.64. The van der Waals surface area contributed by atoms with Crippen LogP contribution in [0.15, 0.2) is 24.3 Å². The Morgan fingerprint density at radius 3 is 2.25 bits per heavy atom. The molecule has 1 aliphatic carbocycles. The molecule has 1 aromatic carbocycles. The molecular weight excluding hydrogens is 194 g/mol. The highest BCUT2D eigenvalue weighted by Gasteiger charge is 2.30. The molecule has 1 nitrogen and oxygen atoms in total. The third-order valence-corrected chi connectivity index (χ3v) is 4.26. The molecule has 2 rings (SSSR count). The lowest BCUT2D eigenvalue weighted by Gasteiger charge is -2.37. The molecule has 88 valence electrons. The van der Waals surface area contributed by atoms with Gasteiger partial charge in [-0.25, -0.2) is 0 Å². The summed E-state index contributed by atoms with van der Waals surface area (Å²) in [5.41, 5.74) is 8.76. The molecule has 0 saturated heterocycles. The highest BCUT2D eigenvalue weighted by molar-refractivity contribution is 5.29. The molecule has 0 aliphatic heterocycles. The molecule has 0 unspecified atom stereocenters. The van der Waals surface area contributed by atoms with Crippen molar-refractivity contribution in [2.45, 2.75) is 51.5 Å². The molecular formula is C15H23N. The second-order valence-corrected chi connectivity index (χ2v) is 5.64. The first-order valence-electron chi connectivity index (χ1n) is 6.43. The van der Waals surface area contributed by atoms with Crippen LogP contribution in [0.3, 0.4) is 0 Å². The minimum Gasteiger partial charge on any atom is -0.326 e. The summed E-state index contributed by atoms with van der Waals surface area (Å²) in [5.74, 6) is 0.913. The SMILES string of the molecule is CC1CCC(C)(c2ccc(CN)cc2)CC1. The van der Waals surface area contributed by atoms with Gasteiger partial charge in [-0.15, -0.1) is 0 Å². The molecule has 0 radical (unpaired) electrons. The van der Waals surface area contributed by atoms with Crippen molar-refractivity contribution in [1.82, 2.24) is 0 Å². The van der Waals surface area contributed by atoms with Crippen LogP contribution in [0.5, 0.6) is 0 Å². The van der Waals surface area contributed by atoms with Crippen LogP contribution in [-0.2, 0) is 12.0 Å². The first-order valence-corrected chi connectivity index (χ1v) is 6.43. The van der Waals surface area contributed by atoms with Gasteiger partial charge in [-0.1, -0.05) is 38.1 Å². The molecule has 0 atom stereocenters. The zero-order chi connectivity index (χ0) is 11.6. The topological polar surface area (TPSA) is 26.0 Å². The first-order chi connectivity index (χ1) is 7.64. The lowest BCUT2D eigenvalue weighted by Crippen LogP contribution is -2.27. The van der Waals surface area contributed by atoms with E-state index < -0.39 is 0 Å². The maximum absolute atomic E-state index is 5.63. The fourth-order valence-electron chi connectivity index (χ4n) is 2.73. The van der Waals surface area contributed by atoms with Crippen molar-refractivity contribution in [3.8, 4) is 0 Å². The minimum absolute atomic E-state index is 0.402. The van der Waals surface area contributed by atoms with Crippen molar-refractivity contribution in [2.75, 3.05) is 0 Å². The van der Waals surface area contributed by atoms with Crippen molar-refractivity contribution < 1.29 is 0 Å². The number of benzene rings is 1. The number of hydrogen-bond acceptors (Lipinski definition) is 1. The molecule has 1 fully saturated rings. The standard InChI is InChI=1S/C15H23N/c1-12-7-9-15(2,10-8-12)14-5-3-13(11-16)4-6-14/h3-6,12H,7-11,16H2,1-2H3. The predicted molar refractivity (Wildman–Crippen MR) is 69.3 cm³/mol. The van der Waals surface area contributed by atoms with E-state index in [9.17, 15) is 0 Å². The summed E-state index contributed by atoms with van der Waals surface area (Å²) in [6.07, 6.45) is 5.40. The van der Waals surface area contributed by atoms with Crippen LogP contribution in [0.1, 0.15) is 50.7 Å². The van der Waals surface area contributed by atoms with Crippen molar-refractivity contribution in [3.63, 3.8) is 0 Å². The van der Waals surface area contributed by atoms with Gasteiger partial charge in [-0.2, -0.15) is 0 Å². The molecule has 0 spiro atoms. The quantitative estimate of drug-likeness (QED) is 0.804. The van der Waals surface area contributed by atoms with E-state index in [1.54, 1.807) is 0 Å². The number of hydrogen-bond donors (Lipinski definition) is 1. The lowest BCUT2D eigenvalue weighted by molar-refractivity contribution is 0.261. The fourth-order valence-corrected chi connectivity index (χ4v) is 2.73. The highest BCUT2D eigenvalue weighted by Crippen LogP contribution is 2.40. The summed E-state index contributed by atoms with van der Waals surface area (Å²) in [4.78, 5) is 0. The number of nitrogens with two attached hydrogens (primary N) is 1. The van der Waals surface area contributed by atoms with Crippen LogP contribution in [0.25, 0.3) is 0 Å².